The molecule has 3 amide bonds. The van der Waals surface area contributed by atoms with Crippen molar-refractivity contribution < 1.29 is 9.59 Å². The third kappa shape index (κ3) is 4.61. The van der Waals surface area contributed by atoms with Crippen LogP contribution in [0.1, 0.15) is 16.1 Å². The number of anilines is 2. The highest BCUT2D eigenvalue weighted by molar-refractivity contribution is 5.96. The number of nitrogens with one attached hydrogen (secondary N) is 3. The lowest BCUT2D eigenvalue weighted by molar-refractivity contribution is 0.0959. The number of nitrogen functional groups attached to an aromatic ring is 1. The Morgan fingerprint density at radius 2 is 1.86 bits per heavy atom. The fraction of sp³-hybridized carbons (Fsp3) is 0.100. The second-order valence-electron chi connectivity index (χ2n) is 5.94. The third-order valence-corrected chi connectivity index (χ3v) is 3.96. The highest BCUT2D eigenvalue weighted by Crippen LogP contribution is 2.22. The van der Waals surface area contributed by atoms with Crippen LogP contribution >= 0.6 is 0 Å². The number of hydrogen-bond acceptors (Lipinski definition) is 5. The van der Waals surface area contributed by atoms with Crippen molar-refractivity contribution in [2.75, 3.05) is 18.1 Å². The molecule has 0 spiro atoms. The van der Waals surface area contributed by atoms with Crippen LogP contribution in [0.15, 0.2) is 60.8 Å². The maximum Gasteiger partial charge on any atom is 0.319 e. The van der Waals surface area contributed by atoms with Crippen molar-refractivity contribution >= 4 is 23.4 Å². The standard InChI is InChI=1S/C20H20N6O2/c1-22-19(27)17-18(21)23-12-16(26-17)14-8-5-9-15(10-14)25-20(28)24-11-13-6-3-2-4-7-13/h2-10,12H,11H2,1H3,(H2,21,23)(H,22,27)(H2,24,25,28). The first-order chi connectivity index (χ1) is 13.6. The summed E-state index contributed by atoms with van der Waals surface area (Å²) in [4.78, 5) is 32.3. The molecule has 0 aliphatic rings. The summed E-state index contributed by atoms with van der Waals surface area (Å²) in [6.45, 7) is 0.422. The van der Waals surface area contributed by atoms with E-state index in [1.807, 2.05) is 30.3 Å². The number of nitrogens with zero attached hydrogens (tertiary/aromatic N) is 2. The van der Waals surface area contributed by atoms with Gasteiger partial charge in [0.25, 0.3) is 5.91 Å². The van der Waals surface area contributed by atoms with Gasteiger partial charge in [0.15, 0.2) is 11.5 Å². The van der Waals surface area contributed by atoms with Gasteiger partial charge in [-0.15, -0.1) is 0 Å². The van der Waals surface area contributed by atoms with E-state index < -0.39 is 5.91 Å². The minimum atomic E-state index is -0.415. The number of benzene rings is 2. The Bertz CT molecular complexity index is 991. The van der Waals surface area contributed by atoms with Gasteiger partial charge in [0.05, 0.1) is 11.9 Å². The summed E-state index contributed by atoms with van der Waals surface area (Å²) >= 11 is 0. The summed E-state index contributed by atoms with van der Waals surface area (Å²) in [7, 11) is 1.49. The number of carbonyl (C=O) groups excluding carboxylic acids is 2. The highest BCUT2D eigenvalue weighted by atomic mass is 16.2. The van der Waals surface area contributed by atoms with Gasteiger partial charge in [-0.05, 0) is 17.7 Å². The molecule has 2 aromatic carbocycles. The van der Waals surface area contributed by atoms with Gasteiger partial charge in [-0.3, -0.25) is 4.79 Å². The van der Waals surface area contributed by atoms with E-state index >= 15 is 0 Å². The Balaban J connectivity index is 1.72. The molecule has 8 heteroatoms. The summed E-state index contributed by atoms with van der Waals surface area (Å²) in [5, 5.41) is 8.06. The molecule has 0 saturated carbocycles. The zero-order chi connectivity index (χ0) is 19.9. The van der Waals surface area contributed by atoms with Crippen LogP contribution in [0.4, 0.5) is 16.3 Å². The number of nitrogens with two attached hydrogens (primary N) is 1. The molecule has 3 rings (SSSR count). The second kappa shape index (κ2) is 8.63. The van der Waals surface area contributed by atoms with E-state index in [0.29, 0.717) is 23.5 Å². The quantitative estimate of drug-likeness (QED) is 0.545. The SMILES string of the molecule is CNC(=O)c1nc(-c2cccc(NC(=O)NCc3ccccc3)c2)cnc1N. The fourth-order valence-electron chi connectivity index (χ4n) is 2.53. The van der Waals surface area contributed by atoms with Gasteiger partial charge < -0.3 is 21.7 Å². The number of carbonyl (C=O) groups is 2. The summed E-state index contributed by atoms with van der Waals surface area (Å²) in [5.74, 6) is -0.362. The third-order valence-electron chi connectivity index (χ3n) is 3.96. The molecule has 0 unspecified atom stereocenters. The van der Waals surface area contributed by atoms with E-state index in [9.17, 15) is 9.59 Å². The normalized spacial score (nSPS) is 10.2. The first-order valence-corrected chi connectivity index (χ1v) is 8.60. The number of rotatable bonds is 5. The predicted octanol–water partition coefficient (Wildman–Crippen LogP) is 2.41. The average molecular weight is 376 g/mol. The topological polar surface area (TPSA) is 122 Å². The Labute approximate surface area is 162 Å². The lowest BCUT2D eigenvalue weighted by Gasteiger charge is -2.10. The highest BCUT2D eigenvalue weighted by Gasteiger charge is 2.13. The molecule has 0 radical (unpaired) electrons. The molecule has 8 nitrogen and oxygen atoms in total. The summed E-state index contributed by atoms with van der Waals surface area (Å²) in [5.41, 5.74) is 8.53. The van der Waals surface area contributed by atoms with Crippen molar-refractivity contribution in [1.29, 1.82) is 0 Å². The number of amides is 3. The van der Waals surface area contributed by atoms with Crippen molar-refractivity contribution in [2.24, 2.45) is 0 Å². The molecule has 142 valence electrons. The van der Waals surface area contributed by atoms with Crippen LogP contribution in [0.25, 0.3) is 11.3 Å². The average Bonchev–Trinajstić information content (AvgIpc) is 2.73. The van der Waals surface area contributed by atoms with Crippen LogP contribution in [-0.2, 0) is 6.54 Å². The van der Waals surface area contributed by atoms with Crippen molar-refractivity contribution in [3.63, 3.8) is 0 Å². The lowest BCUT2D eigenvalue weighted by Crippen LogP contribution is -2.28. The number of hydrogen-bond donors (Lipinski definition) is 4. The molecule has 0 bridgehead atoms. The van der Waals surface area contributed by atoms with Gasteiger partial charge in [0.2, 0.25) is 0 Å². The van der Waals surface area contributed by atoms with Crippen molar-refractivity contribution in [3.05, 3.63) is 72.1 Å². The largest absolute Gasteiger partial charge is 0.382 e. The molecule has 1 aromatic heterocycles. The Hall–Kier alpha value is -3.94. The first-order valence-electron chi connectivity index (χ1n) is 8.60. The lowest BCUT2D eigenvalue weighted by atomic mass is 10.1. The van der Waals surface area contributed by atoms with Crippen LogP contribution < -0.4 is 21.7 Å². The molecular formula is C20H20N6O2. The van der Waals surface area contributed by atoms with E-state index in [-0.39, 0.29) is 17.5 Å². The minimum Gasteiger partial charge on any atom is -0.382 e. The van der Waals surface area contributed by atoms with E-state index in [1.165, 1.54) is 13.2 Å². The van der Waals surface area contributed by atoms with E-state index in [4.69, 9.17) is 5.73 Å². The van der Waals surface area contributed by atoms with E-state index in [0.717, 1.165) is 5.56 Å². The Kier molecular flexibility index (Phi) is 5.81. The van der Waals surface area contributed by atoms with Crippen molar-refractivity contribution in [2.45, 2.75) is 6.54 Å². The number of urea groups is 1. The zero-order valence-electron chi connectivity index (χ0n) is 15.3. The molecule has 0 fully saturated rings. The maximum absolute atomic E-state index is 12.1. The second-order valence-corrected chi connectivity index (χ2v) is 5.94. The van der Waals surface area contributed by atoms with Crippen molar-refractivity contribution in [3.8, 4) is 11.3 Å². The smallest absolute Gasteiger partial charge is 0.319 e. The van der Waals surface area contributed by atoms with Crippen LogP contribution in [0.2, 0.25) is 0 Å². The van der Waals surface area contributed by atoms with Crippen LogP contribution in [0.5, 0.6) is 0 Å². The molecular weight excluding hydrogens is 356 g/mol. The molecule has 0 aliphatic heterocycles. The van der Waals surface area contributed by atoms with Gasteiger partial charge in [0, 0.05) is 24.8 Å². The minimum absolute atomic E-state index is 0.0534. The molecule has 0 aliphatic carbocycles. The molecule has 3 aromatic rings. The summed E-state index contributed by atoms with van der Waals surface area (Å²) in [6, 6.07) is 16.4. The maximum atomic E-state index is 12.1. The number of aromatic nitrogens is 2. The van der Waals surface area contributed by atoms with E-state index in [2.05, 4.69) is 25.9 Å². The van der Waals surface area contributed by atoms with Crippen LogP contribution in [-0.4, -0.2) is 29.0 Å². The van der Waals surface area contributed by atoms with Gasteiger partial charge >= 0.3 is 6.03 Å². The molecule has 0 saturated heterocycles. The molecule has 0 atom stereocenters. The van der Waals surface area contributed by atoms with E-state index in [1.54, 1.807) is 24.3 Å². The van der Waals surface area contributed by atoms with Gasteiger partial charge in [-0.1, -0.05) is 42.5 Å². The van der Waals surface area contributed by atoms with Crippen LogP contribution in [0.3, 0.4) is 0 Å². The fourth-order valence-corrected chi connectivity index (χ4v) is 2.53. The van der Waals surface area contributed by atoms with Gasteiger partial charge in [-0.25, -0.2) is 14.8 Å². The summed E-state index contributed by atoms with van der Waals surface area (Å²) < 4.78 is 0. The Morgan fingerprint density at radius 3 is 2.61 bits per heavy atom. The van der Waals surface area contributed by atoms with Gasteiger partial charge in [-0.2, -0.15) is 0 Å². The first kappa shape index (κ1) is 18.8. The molecule has 1 heterocycles. The monoisotopic (exact) mass is 376 g/mol. The molecule has 28 heavy (non-hydrogen) atoms. The summed E-state index contributed by atoms with van der Waals surface area (Å²) in [6.07, 6.45) is 1.48. The zero-order valence-corrected chi connectivity index (χ0v) is 15.3. The van der Waals surface area contributed by atoms with Crippen molar-refractivity contribution in [1.82, 2.24) is 20.6 Å². The predicted molar refractivity (Wildman–Crippen MR) is 108 cm³/mol. The Morgan fingerprint density at radius 1 is 1.07 bits per heavy atom. The van der Waals surface area contributed by atoms with Crippen LogP contribution in [0, 0.1) is 0 Å². The van der Waals surface area contributed by atoms with Gasteiger partial charge in [0.1, 0.15) is 0 Å². The molecule has 5 N–H and O–H groups in total.